The Hall–Kier alpha value is -3.07. The van der Waals surface area contributed by atoms with Crippen LogP contribution in [0.5, 0.6) is 0 Å². The zero-order chi connectivity index (χ0) is 27.8. The Kier molecular flexibility index (Phi) is 15.9. The van der Waals surface area contributed by atoms with Crippen LogP contribution in [0, 0.1) is 5.92 Å². The van der Waals surface area contributed by atoms with Crippen molar-refractivity contribution in [1.29, 1.82) is 0 Å². The van der Waals surface area contributed by atoms with Gasteiger partial charge in [-0.25, -0.2) is 4.79 Å². The first-order valence-corrected chi connectivity index (χ1v) is 12.8. The molecule has 0 aromatic carbocycles. The number of carbonyl (C=O) groups excluding carboxylic acids is 3. The van der Waals surface area contributed by atoms with E-state index in [1.165, 1.54) is 11.8 Å². The highest BCUT2D eigenvalue weighted by Gasteiger charge is 2.31. The minimum Gasteiger partial charge on any atom is -0.481 e. The maximum Gasteiger partial charge on any atom is 0.326 e. The minimum absolute atomic E-state index is 0.00391. The largest absolute Gasteiger partial charge is 0.481 e. The van der Waals surface area contributed by atoms with Crippen molar-refractivity contribution in [3.05, 3.63) is 0 Å². The third kappa shape index (κ3) is 13.7. The topological polar surface area (TPSA) is 252 Å². The lowest BCUT2D eigenvalue weighted by Gasteiger charge is -2.27. The number of nitrogens with one attached hydrogen (secondary N) is 3. The lowest BCUT2D eigenvalue weighted by Crippen LogP contribution is -2.58. The molecule has 0 bridgehead atoms. The molecule has 0 aromatic rings. The van der Waals surface area contributed by atoms with E-state index in [9.17, 15) is 29.1 Å². The molecule has 0 aliphatic heterocycles. The van der Waals surface area contributed by atoms with Crippen molar-refractivity contribution >= 4 is 47.4 Å². The summed E-state index contributed by atoms with van der Waals surface area (Å²) in [5.41, 5.74) is 16.3. The summed E-state index contributed by atoms with van der Waals surface area (Å²) < 4.78 is 0. The Morgan fingerprint density at radius 2 is 1.50 bits per heavy atom. The monoisotopic (exact) mass is 533 g/mol. The van der Waals surface area contributed by atoms with Crippen LogP contribution in [-0.4, -0.2) is 88.6 Å². The van der Waals surface area contributed by atoms with E-state index in [-0.39, 0.29) is 37.7 Å². The fourth-order valence-electron chi connectivity index (χ4n) is 3.00. The summed E-state index contributed by atoms with van der Waals surface area (Å²) in [6.45, 7) is 3.51. The van der Waals surface area contributed by atoms with Crippen LogP contribution in [0.4, 0.5) is 0 Å². The summed E-state index contributed by atoms with van der Waals surface area (Å²) >= 11 is 1.52. The fraction of sp³-hybridized carbons (Fsp3) is 0.714. The average Bonchev–Trinajstić information content (AvgIpc) is 2.79. The highest BCUT2D eigenvalue weighted by molar-refractivity contribution is 7.98. The summed E-state index contributed by atoms with van der Waals surface area (Å²) in [5.74, 6) is -4.53. The number of carboxylic acid groups (broad SMARTS) is 2. The molecule has 0 radical (unpaired) electrons. The van der Waals surface area contributed by atoms with Gasteiger partial charge in [0.05, 0.1) is 6.04 Å². The van der Waals surface area contributed by atoms with Crippen LogP contribution in [0.25, 0.3) is 0 Å². The SMILES string of the molecule is CSCCC(N)C(=O)NC(C(=O)NC(CCC(=O)O)C(=O)NC(CCCN=C(N)N)C(=O)O)C(C)C. The first kappa shape index (κ1) is 32.9. The molecule has 0 aromatic heterocycles. The van der Waals surface area contributed by atoms with Gasteiger partial charge in [-0.15, -0.1) is 0 Å². The minimum atomic E-state index is -1.35. The third-order valence-corrected chi connectivity index (χ3v) is 5.70. The Morgan fingerprint density at radius 3 is 2.00 bits per heavy atom. The molecule has 0 rings (SSSR count). The second kappa shape index (κ2) is 17.4. The lowest BCUT2D eigenvalue weighted by molar-refractivity contribution is -0.143. The summed E-state index contributed by atoms with van der Waals surface area (Å²) in [7, 11) is 0. The Labute approximate surface area is 214 Å². The van der Waals surface area contributed by atoms with Crippen LogP contribution in [0.2, 0.25) is 0 Å². The zero-order valence-corrected chi connectivity index (χ0v) is 21.7. The van der Waals surface area contributed by atoms with Crippen molar-refractivity contribution < 1.29 is 34.2 Å². The molecule has 206 valence electrons. The van der Waals surface area contributed by atoms with Crippen LogP contribution in [0.3, 0.4) is 0 Å². The predicted molar refractivity (Wildman–Crippen MR) is 136 cm³/mol. The molecule has 11 N–H and O–H groups in total. The van der Waals surface area contributed by atoms with Crippen LogP contribution < -0.4 is 33.2 Å². The Balaban J connectivity index is 5.44. The van der Waals surface area contributed by atoms with E-state index in [0.29, 0.717) is 12.2 Å². The number of hydrogen-bond acceptors (Lipinski definition) is 8. The van der Waals surface area contributed by atoms with Crippen molar-refractivity contribution in [2.24, 2.45) is 28.1 Å². The van der Waals surface area contributed by atoms with Crippen LogP contribution in [0.1, 0.15) is 46.0 Å². The van der Waals surface area contributed by atoms with Gasteiger partial charge in [-0.3, -0.25) is 24.2 Å². The quantitative estimate of drug-likeness (QED) is 0.0553. The maximum absolute atomic E-state index is 13.0. The van der Waals surface area contributed by atoms with E-state index in [4.69, 9.17) is 22.3 Å². The molecule has 0 aliphatic rings. The van der Waals surface area contributed by atoms with Crippen molar-refractivity contribution in [1.82, 2.24) is 16.0 Å². The van der Waals surface area contributed by atoms with E-state index < -0.39 is 60.2 Å². The van der Waals surface area contributed by atoms with Gasteiger partial charge in [0.15, 0.2) is 5.96 Å². The summed E-state index contributed by atoms with van der Waals surface area (Å²) in [4.78, 5) is 64.6. The first-order chi connectivity index (χ1) is 16.8. The van der Waals surface area contributed by atoms with Crippen LogP contribution in [-0.2, 0) is 24.0 Å². The predicted octanol–water partition coefficient (Wildman–Crippen LogP) is -1.82. The number of carbonyl (C=O) groups is 5. The molecule has 0 heterocycles. The van der Waals surface area contributed by atoms with Crippen LogP contribution in [0.15, 0.2) is 4.99 Å². The summed E-state index contributed by atoms with van der Waals surface area (Å²) in [5, 5.41) is 25.8. The normalized spacial score (nSPS) is 14.1. The van der Waals surface area contributed by atoms with Gasteiger partial charge >= 0.3 is 11.9 Å². The van der Waals surface area contributed by atoms with E-state index in [2.05, 4.69) is 20.9 Å². The van der Waals surface area contributed by atoms with Gasteiger partial charge < -0.3 is 43.4 Å². The van der Waals surface area contributed by atoms with E-state index in [1.54, 1.807) is 13.8 Å². The smallest absolute Gasteiger partial charge is 0.326 e. The average molecular weight is 534 g/mol. The number of nitrogens with zero attached hydrogens (tertiary/aromatic N) is 1. The van der Waals surface area contributed by atoms with Gasteiger partial charge in [0.25, 0.3) is 0 Å². The number of aliphatic carboxylic acids is 2. The van der Waals surface area contributed by atoms with Gasteiger partial charge in [0.2, 0.25) is 17.7 Å². The molecule has 15 heteroatoms. The van der Waals surface area contributed by atoms with Gasteiger partial charge in [0.1, 0.15) is 18.1 Å². The van der Waals surface area contributed by atoms with Gasteiger partial charge in [-0.2, -0.15) is 11.8 Å². The number of guanidine groups is 1. The highest BCUT2D eigenvalue weighted by atomic mass is 32.2. The molecule has 0 fully saturated rings. The molecule has 4 unspecified atom stereocenters. The summed E-state index contributed by atoms with van der Waals surface area (Å²) in [6, 6.07) is -4.54. The Bertz CT molecular complexity index is 791. The van der Waals surface area contributed by atoms with Crippen molar-refractivity contribution in [2.75, 3.05) is 18.6 Å². The standard InChI is InChI=1S/C21H39N7O7S/c1-11(2)16(28-17(31)12(22)8-10-36-3)19(33)26-13(6-7-15(29)30)18(32)27-14(20(34)35)5-4-9-25-21(23)24/h11-14,16H,4-10,22H2,1-3H3,(H,26,33)(H,27,32)(H,28,31)(H,29,30)(H,34,35)(H4,23,24,25). The van der Waals surface area contributed by atoms with Crippen molar-refractivity contribution in [3.8, 4) is 0 Å². The molecule has 0 saturated carbocycles. The number of aliphatic imine (C=N–C) groups is 1. The number of nitrogens with two attached hydrogens (primary N) is 3. The van der Waals surface area contributed by atoms with Gasteiger partial charge in [-0.1, -0.05) is 13.8 Å². The first-order valence-electron chi connectivity index (χ1n) is 11.5. The van der Waals surface area contributed by atoms with E-state index in [1.807, 2.05) is 6.26 Å². The number of amides is 3. The third-order valence-electron chi connectivity index (χ3n) is 5.06. The fourth-order valence-corrected chi connectivity index (χ4v) is 3.49. The second-order valence-electron chi connectivity index (χ2n) is 8.46. The number of hydrogen-bond donors (Lipinski definition) is 8. The molecule has 0 spiro atoms. The molecular formula is C21H39N7O7S. The number of carboxylic acids is 2. The van der Waals surface area contributed by atoms with Crippen molar-refractivity contribution in [2.45, 2.75) is 70.1 Å². The van der Waals surface area contributed by atoms with E-state index in [0.717, 1.165) is 0 Å². The molecule has 0 saturated heterocycles. The summed E-state index contributed by atoms with van der Waals surface area (Å²) in [6.07, 6.45) is 1.77. The van der Waals surface area contributed by atoms with Gasteiger partial charge in [0, 0.05) is 13.0 Å². The number of thioether (sulfide) groups is 1. The molecule has 0 aliphatic carbocycles. The van der Waals surface area contributed by atoms with Crippen molar-refractivity contribution in [3.63, 3.8) is 0 Å². The second-order valence-corrected chi connectivity index (χ2v) is 9.45. The number of rotatable bonds is 18. The molecule has 4 atom stereocenters. The highest BCUT2D eigenvalue weighted by Crippen LogP contribution is 2.08. The molecule has 14 nitrogen and oxygen atoms in total. The lowest BCUT2D eigenvalue weighted by atomic mass is 10.0. The molecular weight excluding hydrogens is 494 g/mol. The van der Waals surface area contributed by atoms with E-state index >= 15 is 0 Å². The Morgan fingerprint density at radius 1 is 0.889 bits per heavy atom. The molecule has 3 amide bonds. The molecule has 36 heavy (non-hydrogen) atoms. The van der Waals surface area contributed by atoms with Crippen LogP contribution >= 0.6 is 11.8 Å². The maximum atomic E-state index is 13.0. The van der Waals surface area contributed by atoms with Gasteiger partial charge in [-0.05, 0) is 43.6 Å². The zero-order valence-electron chi connectivity index (χ0n) is 20.9.